The van der Waals surface area contributed by atoms with Gasteiger partial charge in [-0.3, -0.25) is 4.79 Å². The van der Waals surface area contributed by atoms with Crippen LogP contribution in [0.3, 0.4) is 0 Å². The third kappa shape index (κ3) is 3.57. The molecular formula is C30H28N4O2. The van der Waals surface area contributed by atoms with Gasteiger partial charge in [-0.15, -0.1) is 0 Å². The van der Waals surface area contributed by atoms with Gasteiger partial charge in [-0.1, -0.05) is 18.2 Å². The molecule has 2 aromatic heterocycles. The Kier molecular flexibility index (Phi) is 5.37. The van der Waals surface area contributed by atoms with Gasteiger partial charge in [-0.2, -0.15) is 0 Å². The number of nitrogens with two attached hydrogens (primary N) is 1. The molecule has 6 heteroatoms. The minimum absolute atomic E-state index is 0.455. The summed E-state index contributed by atoms with van der Waals surface area (Å²) in [6.45, 7) is 2.03. The van der Waals surface area contributed by atoms with Gasteiger partial charge in [0.25, 0.3) is 0 Å². The number of aromatic nitrogens is 2. The molecule has 0 atom stereocenters. The number of para-hydroxylation sites is 1. The molecule has 0 bridgehead atoms. The third-order valence-corrected chi connectivity index (χ3v) is 7.26. The molecule has 0 radical (unpaired) electrons. The first-order valence-electron chi connectivity index (χ1n) is 12.3. The summed E-state index contributed by atoms with van der Waals surface area (Å²) in [6, 6.07) is 24.3. The van der Waals surface area contributed by atoms with Gasteiger partial charge in [0.2, 0.25) is 5.91 Å². The van der Waals surface area contributed by atoms with Gasteiger partial charge in [-0.05, 0) is 67.4 Å². The number of anilines is 1. The zero-order valence-electron chi connectivity index (χ0n) is 20.5. The Labute approximate surface area is 209 Å². The van der Waals surface area contributed by atoms with Crippen LogP contribution in [0.25, 0.3) is 44.3 Å². The zero-order chi connectivity index (χ0) is 24.8. The van der Waals surface area contributed by atoms with E-state index in [0.717, 1.165) is 68.8 Å². The van der Waals surface area contributed by atoms with Crippen LogP contribution in [0.5, 0.6) is 5.75 Å². The van der Waals surface area contributed by atoms with E-state index in [1.807, 2.05) is 42.5 Å². The molecular weight excluding hydrogens is 448 g/mol. The lowest BCUT2D eigenvalue weighted by Crippen LogP contribution is -2.19. The molecule has 3 aromatic carbocycles. The Morgan fingerprint density at radius 1 is 0.944 bits per heavy atom. The predicted octanol–water partition coefficient (Wildman–Crippen LogP) is 5.77. The second-order valence-electron chi connectivity index (χ2n) is 9.35. The van der Waals surface area contributed by atoms with Crippen molar-refractivity contribution in [3.05, 3.63) is 78.4 Å². The van der Waals surface area contributed by atoms with Gasteiger partial charge >= 0.3 is 0 Å². The monoisotopic (exact) mass is 476 g/mol. The SMILES string of the molecule is COc1ccc(-c2nc(-c3cc(N4CCCC4)ccc3C(N)=O)cc3c4ccccc4n(C)c23)cc1. The molecule has 0 saturated carbocycles. The van der Waals surface area contributed by atoms with Gasteiger partial charge in [-0.25, -0.2) is 4.98 Å². The normalized spacial score (nSPS) is 13.6. The molecule has 180 valence electrons. The number of ether oxygens (including phenoxy) is 1. The number of amides is 1. The van der Waals surface area contributed by atoms with Gasteiger partial charge in [0.1, 0.15) is 5.75 Å². The van der Waals surface area contributed by atoms with Crippen LogP contribution in [0.2, 0.25) is 0 Å². The highest BCUT2D eigenvalue weighted by atomic mass is 16.5. The highest BCUT2D eigenvalue weighted by Crippen LogP contribution is 2.39. The maximum atomic E-state index is 12.5. The summed E-state index contributed by atoms with van der Waals surface area (Å²) < 4.78 is 7.57. The van der Waals surface area contributed by atoms with Crippen molar-refractivity contribution in [2.24, 2.45) is 12.8 Å². The highest BCUT2D eigenvalue weighted by molar-refractivity contribution is 6.13. The van der Waals surface area contributed by atoms with Crippen molar-refractivity contribution in [3.8, 4) is 28.3 Å². The Morgan fingerprint density at radius 3 is 2.42 bits per heavy atom. The van der Waals surface area contributed by atoms with Crippen LogP contribution >= 0.6 is 0 Å². The van der Waals surface area contributed by atoms with Crippen molar-refractivity contribution < 1.29 is 9.53 Å². The fourth-order valence-corrected chi connectivity index (χ4v) is 5.42. The first kappa shape index (κ1) is 22.2. The number of hydrogen-bond donors (Lipinski definition) is 1. The number of carbonyl (C=O) groups is 1. The number of nitrogens with zero attached hydrogens (tertiary/aromatic N) is 3. The van der Waals surface area contributed by atoms with Crippen molar-refractivity contribution in [3.63, 3.8) is 0 Å². The average Bonchev–Trinajstić information content (AvgIpc) is 3.55. The fourth-order valence-electron chi connectivity index (χ4n) is 5.42. The van der Waals surface area contributed by atoms with Crippen LogP contribution in [0.4, 0.5) is 5.69 Å². The first-order chi connectivity index (χ1) is 17.5. The summed E-state index contributed by atoms with van der Waals surface area (Å²) in [6.07, 6.45) is 2.35. The number of primary amides is 1. The van der Waals surface area contributed by atoms with E-state index in [-0.39, 0.29) is 0 Å². The van der Waals surface area contributed by atoms with E-state index in [2.05, 4.69) is 46.8 Å². The largest absolute Gasteiger partial charge is 0.497 e. The van der Waals surface area contributed by atoms with Crippen LogP contribution in [0, 0.1) is 0 Å². The molecule has 1 aliphatic heterocycles. The van der Waals surface area contributed by atoms with Crippen molar-refractivity contribution in [1.82, 2.24) is 9.55 Å². The molecule has 0 unspecified atom stereocenters. The summed E-state index contributed by atoms with van der Waals surface area (Å²) in [5.74, 6) is 0.335. The van der Waals surface area contributed by atoms with Crippen molar-refractivity contribution in [1.29, 1.82) is 0 Å². The van der Waals surface area contributed by atoms with Crippen LogP contribution in [0.15, 0.2) is 72.8 Å². The summed E-state index contributed by atoms with van der Waals surface area (Å²) in [5, 5.41) is 2.23. The smallest absolute Gasteiger partial charge is 0.249 e. The molecule has 6 rings (SSSR count). The van der Waals surface area contributed by atoms with E-state index in [0.29, 0.717) is 5.56 Å². The number of aryl methyl sites for hydroxylation is 1. The molecule has 3 heterocycles. The summed E-state index contributed by atoms with van der Waals surface area (Å²) in [7, 11) is 3.73. The van der Waals surface area contributed by atoms with E-state index < -0.39 is 5.91 Å². The van der Waals surface area contributed by atoms with Crippen LogP contribution in [-0.4, -0.2) is 35.7 Å². The molecule has 6 nitrogen and oxygen atoms in total. The number of carbonyl (C=O) groups excluding carboxylic acids is 1. The molecule has 1 saturated heterocycles. The van der Waals surface area contributed by atoms with E-state index in [1.165, 1.54) is 12.8 Å². The number of hydrogen-bond acceptors (Lipinski definition) is 4. The first-order valence-corrected chi connectivity index (χ1v) is 12.3. The number of pyridine rings is 1. The second kappa shape index (κ2) is 8.72. The van der Waals surface area contributed by atoms with Gasteiger partial charge in [0, 0.05) is 58.8 Å². The molecule has 0 aliphatic carbocycles. The summed E-state index contributed by atoms with van der Waals surface area (Å²) in [4.78, 5) is 20.0. The predicted molar refractivity (Wildman–Crippen MR) is 146 cm³/mol. The minimum atomic E-state index is -0.455. The van der Waals surface area contributed by atoms with Crippen molar-refractivity contribution >= 4 is 33.4 Å². The van der Waals surface area contributed by atoms with E-state index in [1.54, 1.807) is 7.11 Å². The van der Waals surface area contributed by atoms with Crippen LogP contribution in [-0.2, 0) is 7.05 Å². The summed E-state index contributed by atoms with van der Waals surface area (Å²) >= 11 is 0. The van der Waals surface area contributed by atoms with E-state index in [4.69, 9.17) is 15.5 Å². The van der Waals surface area contributed by atoms with Crippen molar-refractivity contribution in [2.75, 3.05) is 25.1 Å². The topological polar surface area (TPSA) is 73.4 Å². The quantitative estimate of drug-likeness (QED) is 0.350. The summed E-state index contributed by atoms with van der Waals surface area (Å²) in [5.41, 5.74) is 12.9. The lowest BCUT2D eigenvalue weighted by atomic mass is 9.99. The van der Waals surface area contributed by atoms with Gasteiger partial charge < -0.3 is 19.9 Å². The second-order valence-corrected chi connectivity index (χ2v) is 9.35. The molecule has 0 spiro atoms. The molecule has 1 aliphatic rings. The van der Waals surface area contributed by atoms with Crippen LogP contribution in [0.1, 0.15) is 23.2 Å². The number of rotatable bonds is 5. The maximum absolute atomic E-state index is 12.5. The van der Waals surface area contributed by atoms with Crippen molar-refractivity contribution in [2.45, 2.75) is 12.8 Å². The maximum Gasteiger partial charge on any atom is 0.249 e. The molecule has 5 aromatic rings. The average molecular weight is 477 g/mol. The number of methoxy groups -OCH3 is 1. The Bertz CT molecular complexity index is 1610. The molecule has 36 heavy (non-hydrogen) atoms. The Hall–Kier alpha value is -4.32. The van der Waals surface area contributed by atoms with E-state index in [9.17, 15) is 4.79 Å². The van der Waals surface area contributed by atoms with Gasteiger partial charge in [0.15, 0.2) is 0 Å². The Balaban J connectivity index is 1.66. The standard InChI is InChI=1S/C30H28N4O2/c1-33-27-8-4-3-7-22(27)25-18-26(32-28(29(25)33)19-9-12-21(36-2)13-10-19)24-17-20(34-15-5-6-16-34)11-14-23(24)30(31)35/h3-4,7-14,17-18H,5-6,15-16H2,1-2H3,(H2,31,35). The lowest BCUT2D eigenvalue weighted by Gasteiger charge is -2.20. The van der Waals surface area contributed by atoms with Gasteiger partial charge in [0.05, 0.1) is 24.0 Å². The molecule has 1 amide bonds. The van der Waals surface area contributed by atoms with E-state index >= 15 is 0 Å². The number of benzene rings is 3. The third-order valence-electron chi connectivity index (χ3n) is 7.26. The number of fused-ring (bicyclic) bond motifs is 3. The molecule has 1 fully saturated rings. The molecule has 2 N–H and O–H groups in total. The Morgan fingerprint density at radius 2 is 1.69 bits per heavy atom. The lowest BCUT2D eigenvalue weighted by molar-refractivity contribution is 0.100. The minimum Gasteiger partial charge on any atom is -0.497 e. The highest BCUT2D eigenvalue weighted by Gasteiger charge is 2.21. The van der Waals surface area contributed by atoms with Crippen LogP contribution < -0.4 is 15.4 Å². The fraction of sp³-hybridized carbons (Fsp3) is 0.200. The zero-order valence-corrected chi connectivity index (χ0v) is 20.5.